The molecule has 7 nitrogen and oxygen atoms in total. The first-order chi connectivity index (χ1) is 11.1. The summed E-state index contributed by atoms with van der Waals surface area (Å²) < 4.78 is 1.93. The van der Waals surface area contributed by atoms with Crippen LogP contribution < -0.4 is 5.32 Å². The maximum absolute atomic E-state index is 10.7. The maximum Gasteiger partial charge on any atom is 0.287 e. The maximum atomic E-state index is 10.7. The van der Waals surface area contributed by atoms with Crippen molar-refractivity contribution in [3.05, 3.63) is 82.6 Å². The van der Waals surface area contributed by atoms with Crippen LogP contribution in [0.3, 0.4) is 0 Å². The third kappa shape index (κ3) is 3.18. The van der Waals surface area contributed by atoms with Crippen molar-refractivity contribution in [1.82, 2.24) is 14.5 Å². The predicted molar refractivity (Wildman–Crippen MR) is 86.0 cm³/mol. The van der Waals surface area contributed by atoms with E-state index in [1.54, 1.807) is 12.3 Å². The van der Waals surface area contributed by atoms with Gasteiger partial charge in [0, 0.05) is 25.5 Å². The Morgan fingerprint density at radius 3 is 2.52 bits per heavy atom. The van der Waals surface area contributed by atoms with Crippen molar-refractivity contribution < 1.29 is 4.92 Å². The second kappa shape index (κ2) is 6.27. The fourth-order valence-corrected chi connectivity index (χ4v) is 2.33. The summed E-state index contributed by atoms with van der Waals surface area (Å²) in [6.07, 6.45) is 4.84. The van der Waals surface area contributed by atoms with E-state index in [-0.39, 0.29) is 11.7 Å². The van der Waals surface area contributed by atoms with Crippen molar-refractivity contribution in [2.24, 2.45) is 7.05 Å². The van der Waals surface area contributed by atoms with E-state index in [1.807, 2.05) is 48.1 Å². The third-order valence-corrected chi connectivity index (χ3v) is 3.50. The van der Waals surface area contributed by atoms with E-state index in [1.165, 1.54) is 12.3 Å². The minimum Gasteiger partial charge on any atom is -0.356 e. The van der Waals surface area contributed by atoms with Gasteiger partial charge in [0.25, 0.3) is 5.69 Å². The molecule has 2 aromatic heterocycles. The van der Waals surface area contributed by atoms with E-state index in [2.05, 4.69) is 15.3 Å². The number of pyridine rings is 1. The Bertz CT molecular complexity index is 799. The van der Waals surface area contributed by atoms with E-state index >= 15 is 0 Å². The van der Waals surface area contributed by atoms with Gasteiger partial charge in [0.1, 0.15) is 23.9 Å². The summed E-state index contributed by atoms with van der Waals surface area (Å²) in [5.41, 5.74) is 0.991. The lowest BCUT2D eigenvalue weighted by atomic mass is 10.1. The molecule has 0 bridgehead atoms. The van der Waals surface area contributed by atoms with Crippen LogP contribution in [-0.4, -0.2) is 19.5 Å². The Hall–Kier alpha value is -3.22. The fraction of sp³-hybridized carbons (Fsp3) is 0.125. The van der Waals surface area contributed by atoms with Gasteiger partial charge in [-0.1, -0.05) is 30.3 Å². The number of nitro groups is 1. The highest BCUT2D eigenvalue weighted by atomic mass is 16.6. The van der Waals surface area contributed by atoms with Crippen LogP contribution in [0.4, 0.5) is 11.5 Å². The smallest absolute Gasteiger partial charge is 0.287 e. The molecule has 0 saturated heterocycles. The monoisotopic (exact) mass is 309 g/mol. The largest absolute Gasteiger partial charge is 0.356 e. The zero-order valence-electron chi connectivity index (χ0n) is 12.5. The second-order valence-corrected chi connectivity index (χ2v) is 5.04. The molecule has 1 atom stereocenters. The summed E-state index contributed by atoms with van der Waals surface area (Å²) in [6, 6.07) is 12.7. The zero-order chi connectivity index (χ0) is 16.2. The van der Waals surface area contributed by atoms with Crippen molar-refractivity contribution in [3.63, 3.8) is 0 Å². The summed E-state index contributed by atoms with van der Waals surface area (Å²) >= 11 is 0. The number of imidazole rings is 1. The van der Waals surface area contributed by atoms with E-state index in [0.717, 1.165) is 11.4 Å². The Morgan fingerprint density at radius 1 is 1.17 bits per heavy atom. The lowest BCUT2D eigenvalue weighted by Gasteiger charge is -2.19. The molecule has 0 amide bonds. The summed E-state index contributed by atoms with van der Waals surface area (Å²) in [5, 5.41) is 14.0. The van der Waals surface area contributed by atoms with Gasteiger partial charge in [0.2, 0.25) is 0 Å². The van der Waals surface area contributed by atoms with Gasteiger partial charge >= 0.3 is 0 Å². The van der Waals surface area contributed by atoms with Gasteiger partial charge in [0.15, 0.2) is 0 Å². The number of hydrogen-bond acceptors (Lipinski definition) is 5. The van der Waals surface area contributed by atoms with Crippen molar-refractivity contribution in [2.75, 3.05) is 5.32 Å². The Kier molecular flexibility index (Phi) is 4.01. The topological polar surface area (TPSA) is 85.9 Å². The molecule has 3 rings (SSSR count). The van der Waals surface area contributed by atoms with Crippen molar-refractivity contribution in [3.8, 4) is 0 Å². The van der Waals surface area contributed by atoms with Gasteiger partial charge in [0.05, 0.1) is 4.92 Å². The average molecular weight is 309 g/mol. The Morgan fingerprint density at radius 2 is 1.96 bits per heavy atom. The molecule has 1 N–H and O–H groups in total. The first-order valence-electron chi connectivity index (χ1n) is 7.04. The number of rotatable bonds is 5. The standard InChI is InChI=1S/C16H15N5O2/c1-20-10-9-17-16(20)15(12-5-3-2-4-6-12)19-14-8-7-13(11-18-14)21(22)23/h2-11,15H,1H3,(H,18,19)/t15-/m1/s1. The van der Waals surface area contributed by atoms with Crippen LogP contribution in [0, 0.1) is 10.1 Å². The van der Waals surface area contributed by atoms with Gasteiger partial charge in [-0.05, 0) is 11.6 Å². The molecule has 3 aromatic rings. The van der Waals surface area contributed by atoms with E-state index in [4.69, 9.17) is 0 Å². The number of anilines is 1. The predicted octanol–water partition coefficient (Wildman–Crippen LogP) is 2.92. The molecule has 1 aromatic carbocycles. The molecule has 0 aliphatic rings. The minimum atomic E-state index is -0.468. The number of nitrogens with one attached hydrogen (secondary N) is 1. The van der Waals surface area contributed by atoms with Crippen LogP contribution >= 0.6 is 0 Å². The van der Waals surface area contributed by atoms with Crippen LogP contribution in [0.25, 0.3) is 0 Å². The number of benzene rings is 1. The van der Waals surface area contributed by atoms with Crippen LogP contribution in [0.5, 0.6) is 0 Å². The summed E-state index contributed by atoms with van der Waals surface area (Å²) in [4.78, 5) is 18.8. The van der Waals surface area contributed by atoms with Gasteiger partial charge in [-0.2, -0.15) is 0 Å². The lowest BCUT2D eigenvalue weighted by molar-refractivity contribution is -0.385. The third-order valence-electron chi connectivity index (χ3n) is 3.50. The molecule has 0 fully saturated rings. The fourth-order valence-electron chi connectivity index (χ4n) is 2.33. The van der Waals surface area contributed by atoms with Crippen molar-refractivity contribution in [1.29, 1.82) is 0 Å². The summed E-state index contributed by atoms with van der Waals surface area (Å²) in [7, 11) is 1.92. The summed E-state index contributed by atoms with van der Waals surface area (Å²) in [5.74, 6) is 1.38. The van der Waals surface area contributed by atoms with Crippen molar-refractivity contribution in [2.45, 2.75) is 6.04 Å². The highest BCUT2D eigenvalue weighted by Gasteiger charge is 2.19. The van der Waals surface area contributed by atoms with Gasteiger partial charge in [-0.3, -0.25) is 10.1 Å². The van der Waals surface area contributed by atoms with Gasteiger partial charge in [-0.25, -0.2) is 9.97 Å². The molecule has 2 heterocycles. The molecule has 0 aliphatic heterocycles. The molecule has 0 saturated carbocycles. The van der Waals surface area contributed by atoms with Crippen LogP contribution in [0.1, 0.15) is 17.4 Å². The number of aryl methyl sites for hydroxylation is 1. The van der Waals surface area contributed by atoms with E-state index in [0.29, 0.717) is 5.82 Å². The highest BCUT2D eigenvalue weighted by molar-refractivity contribution is 5.44. The average Bonchev–Trinajstić information content (AvgIpc) is 2.99. The summed E-state index contributed by atoms with van der Waals surface area (Å²) in [6.45, 7) is 0. The van der Waals surface area contributed by atoms with Gasteiger partial charge < -0.3 is 9.88 Å². The lowest BCUT2D eigenvalue weighted by Crippen LogP contribution is -2.17. The first-order valence-corrected chi connectivity index (χ1v) is 7.04. The van der Waals surface area contributed by atoms with E-state index in [9.17, 15) is 10.1 Å². The zero-order valence-corrected chi connectivity index (χ0v) is 12.5. The van der Waals surface area contributed by atoms with Crippen LogP contribution in [0.15, 0.2) is 61.1 Å². The molecule has 0 radical (unpaired) electrons. The Labute approximate surface area is 132 Å². The number of hydrogen-bond donors (Lipinski definition) is 1. The molecular formula is C16H15N5O2. The van der Waals surface area contributed by atoms with E-state index < -0.39 is 4.92 Å². The number of aromatic nitrogens is 3. The second-order valence-electron chi connectivity index (χ2n) is 5.04. The minimum absolute atomic E-state index is 0.0381. The van der Waals surface area contributed by atoms with Crippen LogP contribution in [0.2, 0.25) is 0 Å². The molecule has 7 heteroatoms. The quantitative estimate of drug-likeness (QED) is 0.578. The highest BCUT2D eigenvalue weighted by Crippen LogP contribution is 2.25. The molecule has 0 aliphatic carbocycles. The Balaban J connectivity index is 1.93. The van der Waals surface area contributed by atoms with Crippen molar-refractivity contribution >= 4 is 11.5 Å². The molecular weight excluding hydrogens is 294 g/mol. The first kappa shape index (κ1) is 14.7. The molecule has 116 valence electrons. The molecule has 23 heavy (non-hydrogen) atoms. The SMILES string of the molecule is Cn1ccnc1[C@H](Nc1ccc([N+](=O)[O-])cn1)c1ccccc1. The number of nitrogens with zero attached hydrogens (tertiary/aromatic N) is 4. The molecule has 0 spiro atoms. The normalized spacial score (nSPS) is 11.9. The van der Waals surface area contributed by atoms with Gasteiger partial charge in [-0.15, -0.1) is 0 Å². The van der Waals surface area contributed by atoms with Crippen LogP contribution in [-0.2, 0) is 7.05 Å². The molecule has 0 unspecified atom stereocenters.